The number of hydrogen-bond donors (Lipinski definition) is 0. The number of carbonyl (C=O) groups is 1. The molecule has 0 spiro atoms. The van der Waals surface area contributed by atoms with Gasteiger partial charge in [0.05, 0.1) is 5.41 Å². The Balaban J connectivity index is 4.33. The van der Waals surface area contributed by atoms with E-state index in [-0.39, 0.29) is 5.97 Å². The highest BCUT2D eigenvalue weighted by molar-refractivity contribution is 5.76. The van der Waals surface area contributed by atoms with Crippen molar-refractivity contribution < 1.29 is 9.53 Å². The number of hydrogen-bond acceptors (Lipinski definition) is 2. The van der Waals surface area contributed by atoms with E-state index in [4.69, 9.17) is 4.74 Å². The molecule has 0 rings (SSSR count). The lowest BCUT2D eigenvalue weighted by atomic mass is 9.89. The predicted octanol–water partition coefficient (Wildman–Crippen LogP) is 2.93. The molecule has 0 aromatic heterocycles. The second kappa shape index (κ2) is 3.95. The molecule has 2 heteroatoms. The second-order valence-corrected chi connectivity index (χ2v) is 4.88. The number of ether oxygens (including phenoxy) is 1. The smallest absolute Gasteiger partial charge is 0.312 e. The quantitative estimate of drug-likeness (QED) is 0.498. The summed E-state index contributed by atoms with van der Waals surface area (Å²) in [5, 5.41) is 0. The summed E-state index contributed by atoms with van der Waals surface area (Å²) in [6, 6.07) is 0. The van der Waals surface area contributed by atoms with Crippen LogP contribution in [0, 0.1) is 5.41 Å². The van der Waals surface area contributed by atoms with E-state index in [0.717, 1.165) is 0 Å². The monoisotopic (exact) mass is 184 g/mol. The molecule has 76 valence electrons. The van der Waals surface area contributed by atoms with Crippen LogP contribution in [0.5, 0.6) is 0 Å². The van der Waals surface area contributed by atoms with Crippen molar-refractivity contribution in [2.75, 3.05) is 0 Å². The summed E-state index contributed by atoms with van der Waals surface area (Å²) in [7, 11) is 0. The summed E-state index contributed by atoms with van der Waals surface area (Å²) in [6.07, 6.45) is 2.38. The first-order valence-electron chi connectivity index (χ1n) is 4.53. The van der Waals surface area contributed by atoms with E-state index in [1.54, 1.807) is 6.08 Å². The van der Waals surface area contributed by atoms with Gasteiger partial charge in [0, 0.05) is 0 Å². The number of esters is 1. The van der Waals surface area contributed by atoms with Crippen LogP contribution in [0.25, 0.3) is 0 Å². The average Bonchev–Trinajstić information content (AvgIpc) is 1.82. The van der Waals surface area contributed by atoms with Gasteiger partial charge in [-0.1, -0.05) is 6.08 Å². The first kappa shape index (κ1) is 12.2. The standard InChI is InChI=1S/C11H20O2/c1-7-8-11(5,6)9(12)13-10(2,3)4/h7H,1,8H2,2-6H3. The summed E-state index contributed by atoms with van der Waals surface area (Å²) in [4.78, 5) is 11.6. The van der Waals surface area contributed by atoms with Crippen molar-refractivity contribution in [2.45, 2.75) is 46.6 Å². The maximum Gasteiger partial charge on any atom is 0.312 e. The van der Waals surface area contributed by atoms with Crippen LogP contribution in [0.3, 0.4) is 0 Å². The second-order valence-electron chi connectivity index (χ2n) is 4.88. The Bertz CT molecular complexity index is 197. The average molecular weight is 184 g/mol. The molecule has 0 bridgehead atoms. The van der Waals surface area contributed by atoms with Crippen LogP contribution >= 0.6 is 0 Å². The van der Waals surface area contributed by atoms with Crippen LogP contribution in [0.1, 0.15) is 41.0 Å². The Morgan fingerprint density at radius 1 is 1.31 bits per heavy atom. The molecular weight excluding hydrogens is 164 g/mol. The molecule has 0 radical (unpaired) electrons. The highest BCUT2D eigenvalue weighted by Gasteiger charge is 2.31. The fourth-order valence-electron chi connectivity index (χ4n) is 0.860. The minimum atomic E-state index is -0.463. The lowest BCUT2D eigenvalue weighted by molar-refractivity contribution is -0.165. The van der Waals surface area contributed by atoms with Gasteiger partial charge in [0.1, 0.15) is 5.60 Å². The lowest BCUT2D eigenvalue weighted by Gasteiger charge is -2.27. The van der Waals surface area contributed by atoms with Crippen LogP contribution < -0.4 is 0 Å². The van der Waals surface area contributed by atoms with Crippen molar-refractivity contribution in [1.82, 2.24) is 0 Å². The van der Waals surface area contributed by atoms with E-state index in [1.165, 1.54) is 0 Å². The van der Waals surface area contributed by atoms with Crippen LogP contribution in [0.4, 0.5) is 0 Å². The zero-order valence-corrected chi connectivity index (χ0v) is 9.31. The fourth-order valence-corrected chi connectivity index (χ4v) is 0.860. The number of rotatable bonds is 3. The van der Waals surface area contributed by atoms with Gasteiger partial charge < -0.3 is 4.74 Å². The molecule has 0 saturated carbocycles. The molecule has 0 aliphatic carbocycles. The number of carbonyl (C=O) groups excluding carboxylic acids is 1. The summed E-state index contributed by atoms with van der Waals surface area (Å²) in [5.41, 5.74) is -0.870. The topological polar surface area (TPSA) is 26.3 Å². The van der Waals surface area contributed by atoms with E-state index >= 15 is 0 Å². The fraction of sp³-hybridized carbons (Fsp3) is 0.727. The van der Waals surface area contributed by atoms with Gasteiger partial charge >= 0.3 is 5.97 Å². The maximum atomic E-state index is 11.6. The minimum absolute atomic E-state index is 0.167. The molecule has 0 amide bonds. The molecule has 0 atom stereocenters. The Kier molecular flexibility index (Phi) is 3.71. The molecule has 0 aromatic rings. The normalized spacial score (nSPS) is 12.4. The van der Waals surface area contributed by atoms with Crippen molar-refractivity contribution in [1.29, 1.82) is 0 Å². The molecule has 0 heterocycles. The van der Waals surface area contributed by atoms with Crippen molar-refractivity contribution in [3.63, 3.8) is 0 Å². The predicted molar refractivity (Wildman–Crippen MR) is 54.4 cm³/mol. The Labute approximate surface area is 81.0 Å². The van der Waals surface area contributed by atoms with Crippen molar-refractivity contribution in [3.05, 3.63) is 12.7 Å². The Morgan fingerprint density at radius 2 is 1.77 bits per heavy atom. The van der Waals surface area contributed by atoms with Gasteiger partial charge in [0.2, 0.25) is 0 Å². The molecule has 0 saturated heterocycles. The summed E-state index contributed by atoms with van der Waals surface area (Å²) in [6.45, 7) is 13.0. The van der Waals surface area contributed by atoms with Gasteiger partial charge in [0.25, 0.3) is 0 Å². The van der Waals surface area contributed by atoms with E-state index in [9.17, 15) is 4.79 Å². The third-order valence-electron chi connectivity index (χ3n) is 1.61. The third-order valence-corrected chi connectivity index (χ3v) is 1.61. The van der Waals surface area contributed by atoms with Gasteiger partial charge in [-0.2, -0.15) is 0 Å². The van der Waals surface area contributed by atoms with Crippen molar-refractivity contribution in [3.8, 4) is 0 Å². The SMILES string of the molecule is C=CCC(C)(C)C(=O)OC(C)(C)C. The third kappa shape index (κ3) is 4.71. The Hall–Kier alpha value is -0.790. The molecule has 0 unspecified atom stereocenters. The molecule has 2 nitrogen and oxygen atoms in total. The van der Waals surface area contributed by atoms with Gasteiger partial charge in [-0.15, -0.1) is 6.58 Å². The van der Waals surface area contributed by atoms with Crippen LogP contribution in [0.15, 0.2) is 12.7 Å². The first-order chi connectivity index (χ1) is 5.69. The molecule has 0 aliphatic rings. The first-order valence-corrected chi connectivity index (χ1v) is 4.53. The highest BCUT2D eigenvalue weighted by Crippen LogP contribution is 2.25. The summed E-state index contributed by atoms with van der Waals surface area (Å²) < 4.78 is 5.27. The van der Waals surface area contributed by atoms with E-state index in [0.29, 0.717) is 6.42 Å². The zero-order valence-electron chi connectivity index (χ0n) is 9.31. The summed E-state index contributed by atoms with van der Waals surface area (Å²) in [5.74, 6) is -0.167. The zero-order chi connectivity index (χ0) is 10.7. The van der Waals surface area contributed by atoms with Crippen molar-refractivity contribution >= 4 is 5.97 Å². The summed E-state index contributed by atoms with van der Waals surface area (Å²) >= 11 is 0. The van der Waals surface area contributed by atoms with Gasteiger partial charge in [-0.3, -0.25) is 4.79 Å². The lowest BCUT2D eigenvalue weighted by Crippen LogP contribution is -2.33. The largest absolute Gasteiger partial charge is 0.460 e. The molecule has 13 heavy (non-hydrogen) atoms. The van der Waals surface area contributed by atoms with Crippen molar-refractivity contribution in [2.24, 2.45) is 5.41 Å². The van der Waals surface area contributed by atoms with E-state index in [2.05, 4.69) is 6.58 Å². The molecule has 0 N–H and O–H groups in total. The molecule has 0 fully saturated rings. The molecule has 0 aliphatic heterocycles. The molecule has 0 aromatic carbocycles. The van der Waals surface area contributed by atoms with Gasteiger partial charge in [-0.05, 0) is 41.0 Å². The van der Waals surface area contributed by atoms with Crippen LogP contribution in [-0.2, 0) is 9.53 Å². The van der Waals surface area contributed by atoms with E-state index < -0.39 is 11.0 Å². The van der Waals surface area contributed by atoms with E-state index in [1.807, 2.05) is 34.6 Å². The van der Waals surface area contributed by atoms with Gasteiger partial charge in [-0.25, -0.2) is 0 Å². The van der Waals surface area contributed by atoms with Crippen LogP contribution in [-0.4, -0.2) is 11.6 Å². The number of allylic oxidation sites excluding steroid dienone is 1. The van der Waals surface area contributed by atoms with Gasteiger partial charge in [0.15, 0.2) is 0 Å². The molecular formula is C11H20O2. The minimum Gasteiger partial charge on any atom is -0.460 e. The maximum absolute atomic E-state index is 11.6. The van der Waals surface area contributed by atoms with Crippen LogP contribution in [0.2, 0.25) is 0 Å². The highest BCUT2D eigenvalue weighted by atomic mass is 16.6. The Morgan fingerprint density at radius 3 is 2.08 bits per heavy atom.